The zero-order valence-electron chi connectivity index (χ0n) is 11.6. The van der Waals surface area contributed by atoms with Crippen LogP contribution in [0.1, 0.15) is 24.5 Å². The van der Waals surface area contributed by atoms with E-state index in [2.05, 4.69) is 31.2 Å². The van der Waals surface area contributed by atoms with Gasteiger partial charge in [0.25, 0.3) is 0 Å². The van der Waals surface area contributed by atoms with Crippen LogP contribution in [0.3, 0.4) is 0 Å². The quantitative estimate of drug-likeness (QED) is 0.887. The van der Waals surface area contributed by atoms with Crippen LogP contribution in [0.2, 0.25) is 0 Å². The number of rotatable bonds is 5. The minimum atomic E-state index is -0.290. The lowest BCUT2D eigenvalue weighted by molar-refractivity contribution is 0.414. The van der Waals surface area contributed by atoms with Crippen LogP contribution in [0.4, 0.5) is 0 Å². The molecule has 2 aromatic rings. The SMILES string of the molecule is COc1ccc(CCC(C)(N)c2ccccc2)cc1. The molecule has 0 aliphatic carbocycles. The lowest BCUT2D eigenvalue weighted by Gasteiger charge is -2.25. The molecule has 0 aliphatic heterocycles. The van der Waals surface area contributed by atoms with Crippen molar-refractivity contribution in [2.45, 2.75) is 25.3 Å². The largest absolute Gasteiger partial charge is 0.497 e. The van der Waals surface area contributed by atoms with E-state index in [1.807, 2.05) is 30.3 Å². The summed E-state index contributed by atoms with van der Waals surface area (Å²) in [5.41, 5.74) is 8.60. The fraction of sp³-hybridized carbons (Fsp3) is 0.294. The molecule has 0 heterocycles. The average Bonchev–Trinajstić information content (AvgIpc) is 2.47. The number of methoxy groups -OCH3 is 1. The van der Waals surface area contributed by atoms with Crippen LogP contribution in [-0.4, -0.2) is 7.11 Å². The third-order valence-corrected chi connectivity index (χ3v) is 3.53. The molecule has 2 nitrogen and oxygen atoms in total. The van der Waals surface area contributed by atoms with Gasteiger partial charge in [-0.3, -0.25) is 0 Å². The maximum Gasteiger partial charge on any atom is 0.118 e. The van der Waals surface area contributed by atoms with Gasteiger partial charge in [0.15, 0.2) is 0 Å². The Hall–Kier alpha value is -1.80. The average molecular weight is 255 g/mol. The maximum atomic E-state index is 6.42. The number of ether oxygens (including phenoxy) is 1. The fourth-order valence-electron chi connectivity index (χ4n) is 2.16. The summed E-state index contributed by atoms with van der Waals surface area (Å²) in [6.45, 7) is 2.09. The molecule has 0 bridgehead atoms. The normalized spacial score (nSPS) is 13.8. The zero-order valence-corrected chi connectivity index (χ0v) is 11.6. The van der Waals surface area contributed by atoms with Crippen LogP contribution in [0.15, 0.2) is 54.6 Å². The highest BCUT2D eigenvalue weighted by atomic mass is 16.5. The van der Waals surface area contributed by atoms with Gasteiger partial charge in [0, 0.05) is 5.54 Å². The Labute approximate surface area is 115 Å². The first-order valence-corrected chi connectivity index (χ1v) is 6.59. The Morgan fingerprint density at radius 3 is 2.21 bits per heavy atom. The molecule has 1 unspecified atom stereocenters. The molecule has 2 N–H and O–H groups in total. The van der Waals surface area contributed by atoms with E-state index in [-0.39, 0.29) is 5.54 Å². The number of hydrogen-bond donors (Lipinski definition) is 1. The van der Waals surface area contributed by atoms with Gasteiger partial charge in [-0.2, -0.15) is 0 Å². The Morgan fingerprint density at radius 2 is 1.63 bits per heavy atom. The molecule has 0 spiro atoms. The summed E-state index contributed by atoms with van der Waals surface area (Å²) in [7, 11) is 1.68. The molecule has 0 saturated carbocycles. The van der Waals surface area contributed by atoms with E-state index in [4.69, 9.17) is 10.5 Å². The van der Waals surface area contributed by atoms with Gasteiger partial charge >= 0.3 is 0 Å². The van der Waals surface area contributed by atoms with Crippen molar-refractivity contribution in [3.05, 3.63) is 65.7 Å². The van der Waals surface area contributed by atoms with Gasteiger partial charge < -0.3 is 10.5 Å². The molecule has 0 radical (unpaired) electrons. The van der Waals surface area contributed by atoms with Crippen LogP contribution >= 0.6 is 0 Å². The summed E-state index contributed by atoms with van der Waals surface area (Å²) in [5, 5.41) is 0. The second-order valence-corrected chi connectivity index (χ2v) is 5.13. The highest BCUT2D eigenvalue weighted by Gasteiger charge is 2.20. The van der Waals surface area contributed by atoms with E-state index >= 15 is 0 Å². The van der Waals surface area contributed by atoms with E-state index in [9.17, 15) is 0 Å². The molecule has 19 heavy (non-hydrogen) atoms. The minimum absolute atomic E-state index is 0.290. The van der Waals surface area contributed by atoms with Gasteiger partial charge in [-0.25, -0.2) is 0 Å². The lowest BCUT2D eigenvalue weighted by Crippen LogP contribution is -2.33. The van der Waals surface area contributed by atoms with E-state index in [0.29, 0.717) is 0 Å². The topological polar surface area (TPSA) is 35.2 Å². The second kappa shape index (κ2) is 5.89. The molecule has 2 aromatic carbocycles. The van der Waals surface area contributed by atoms with Gasteiger partial charge in [0.05, 0.1) is 7.11 Å². The summed E-state index contributed by atoms with van der Waals surface area (Å²) in [4.78, 5) is 0. The van der Waals surface area contributed by atoms with Crippen molar-refractivity contribution in [3.8, 4) is 5.75 Å². The van der Waals surface area contributed by atoms with E-state index in [1.54, 1.807) is 7.11 Å². The van der Waals surface area contributed by atoms with Crippen LogP contribution in [0.5, 0.6) is 5.75 Å². The van der Waals surface area contributed by atoms with Gasteiger partial charge in [0.1, 0.15) is 5.75 Å². The second-order valence-electron chi connectivity index (χ2n) is 5.13. The summed E-state index contributed by atoms with van der Waals surface area (Å²) >= 11 is 0. The Morgan fingerprint density at radius 1 is 1.00 bits per heavy atom. The number of benzene rings is 2. The first-order valence-electron chi connectivity index (χ1n) is 6.59. The van der Waals surface area contributed by atoms with Crippen molar-refractivity contribution in [2.24, 2.45) is 5.73 Å². The summed E-state index contributed by atoms with van der Waals surface area (Å²) < 4.78 is 5.16. The predicted octanol–water partition coefficient (Wildman–Crippen LogP) is 3.50. The van der Waals surface area contributed by atoms with Crippen molar-refractivity contribution in [2.75, 3.05) is 7.11 Å². The molecular formula is C17H21NO. The molecule has 1 atom stereocenters. The summed E-state index contributed by atoms with van der Waals surface area (Å²) in [6, 6.07) is 18.4. The minimum Gasteiger partial charge on any atom is -0.497 e. The van der Waals surface area contributed by atoms with Gasteiger partial charge in [-0.05, 0) is 43.0 Å². The number of nitrogens with two attached hydrogens (primary N) is 1. The molecule has 0 saturated heterocycles. The molecule has 2 heteroatoms. The van der Waals surface area contributed by atoms with Gasteiger partial charge in [0.2, 0.25) is 0 Å². The standard InChI is InChI=1S/C17H21NO/c1-17(18,15-6-4-3-5-7-15)13-12-14-8-10-16(19-2)11-9-14/h3-11H,12-13,18H2,1-2H3. The Balaban J connectivity index is 2.01. The van der Waals surface area contributed by atoms with E-state index in [1.165, 1.54) is 11.1 Å². The predicted molar refractivity (Wildman–Crippen MR) is 79.3 cm³/mol. The highest BCUT2D eigenvalue weighted by Crippen LogP contribution is 2.24. The number of hydrogen-bond acceptors (Lipinski definition) is 2. The molecule has 2 rings (SSSR count). The first-order chi connectivity index (χ1) is 9.12. The van der Waals surface area contributed by atoms with Crippen molar-refractivity contribution in [1.82, 2.24) is 0 Å². The van der Waals surface area contributed by atoms with Crippen molar-refractivity contribution in [1.29, 1.82) is 0 Å². The molecular weight excluding hydrogens is 234 g/mol. The van der Waals surface area contributed by atoms with Crippen LogP contribution in [-0.2, 0) is 12.0 Å². The fourth-order valence-corrected chi connectivity index (χ4v) is 2.16. The highest BCUT2D eigenvalue weighted by molar-refractivity contribution is 5.28. The monoisotopic (exact) mass is 255 g/mol. The van der Waals surface area contributed by atoms with Gasteiger partial charge in [-0.15, -0.1) is 0 Å². The lowest BCUT2D eigenvalue weighted by atomic mass is 9.87. The van der Waals surface area contributed by atoms with Crippen LogP contribution in [0.25, 0.3) is 0 Å². The number of aryl methyl sites for hydroxylation is 1. The molecule has 0 aliphatic rings. The first kappa shape index (κ1) is 13.6. The van der Waals surface area contributed by atoms with Crippen LogP contribution < -0.4 is 10.5 Å². The molecule has 0 amide bonds. The van der Waals surface area contributed by atoms with E-state index < -0.39 is 0 Å². The Kier molecular flexibility index (Phi) is 4.23. The maximum absolute atomic E-state index is 6.42. The molecule has 0 fully saturated rings. The Bertz CT molecular complexity index is 503. The third kappa shape index (κ3) is 3.58. The molecule has 0 aromatic heterocycles. The van der Waals surface area contributed by atoms with Crippen molar-refractivity contribution >= 4 is 0 Å². The third-order valence-electron chi connectivity index (χ3n) is 3.53. The smallest absolute Gasteiger partial charge is 0.118 e. The van der Waals surface area contributed by atoms with E-state index in [0.717, 1.165) is 18.6 Å². The van der Waals surface area contributed by atoms with Crippen molar-refractivity contribution in [3.63, 3.8) is 0 Å². The van der Waals surface area contributed by atoms with Crippen molar-refractivity contribution < 1.29 is 4.74 Å². The zero-order chi connectivity index (χ0) is 13.7. The summed E-state index contributed by atoms with van der Waals surface area (Å²) in [6.07, 6.45) is 1.88. The summed E-state index contributed by atoms with van der Waals surface area (Å²) in [5.74, 6) is 0.891. The van der Waals surface area contributed by atoms with Gasteiger partial charge in [-0.1, -0.05) is 42.5 Å². The molecule has 100 valence electrons. The van der Waals surface area contributed by atoms with Crippen LogP contribution in [0, 0.1) is 0 Å².